The summed E-state index contributed by atoms with van der Waals surface area (Å²) in [5.41, 5.74) is -1.25. The van der Waals surface area contributed by atoms with Gasteiger partial charge in [-0.1, -0.05) is 0 Å². The van der Waals surface area contributed by atoms with Crippen LogP contribution in [0.4, 0.5) is 0 Å². The van der Waals surface area contributed by atoms with Crippen LogP contribution in [-0.4, -0.2) is 44.8 Å². The summed E-state index contributed by atoms with van der Waals surface area (Å²) in [6.07, 6.45) is 0.242. The van der Waals surface area contributed by atoms with Crippen LogP contribution in [0.3, 0.4) is 0 Å². The highest BCUT2D eigenvalue weighted by Gasteiger charge is 2.49. The second kappa shape index (κ2) is 5.96. The van der Waals surface area contributed by atoms with E-state index in [0.717, 1.165) is 0 Å². The van der Waals surface area contributed by atoms with Gasteiger partial charge in [-0.25, -0.2) is 0 Å². The Balaban J connectivity index is 2.81. The van der Waals surface area contributed by atoms with Crippen molar-refractivity contribution in [3.05, 3.63) is 0 Å². The van der Waals surface area contributed by atoms with Crippen LogP contribution in [0.1, 0.15) is 20.3 Å². The van der Waals surface area contributed by atoms with E-state index >= 15 is 0 Å². The van der Waals surface area contributed by atoms with E-state index in [1.165, 1.54) is 0 Å². The van der Waals surface area contributed by atoms with Crippen LogP contribution in [0, 0.1) is 5.41 Å². The third kappa shape index (κ3) is 2.59. The van der Waals surface area contributed by atoms with Crippen LogP contribution in [0.2, 0.25) is 0 Å². The molecule has 0 aromatic rings. The van der Waals surface area contributed by atoms with Crippen LogP contribution in [-0.2, 0) is 23.8 Å². The summed E-state index contributed by atoms with van der Waals surface area (Å²) in [5.74, 6) is -0.682. The minimum atomic E-state index is -1.25. The van der Waals surface area contributed by atoms with Gasteiger partial charge in [0.25, 0.3) is 0 Å². The van der Waals surface area contributed by atoms with E-state index in [9.17, 15) is 9.59 Å². The van der Waals surface area contributed by atoms with E-state index in [4.69, 9.17) is 14.2 Å². The Bertz CT molecular complexity index is 263. The molecule has 5 nitrogen and oxygen atoms in total. The maximum absolute atomic E-state index is 11.9. The molecular formula is C11H18O5. The van der Waals surface area contributed by atoms with Gasteiger partial charge >= 0.3 is 5.97 Å². The van der Waals surface area contributed by atoms with E-state index in [1.807, 2.05) is 6.92 Å². The highest BCUT2D eigenvalue weighted by atomic mass is 16.5. The number of ether oxygens (including phenoxy) is 3. The van der Waals surface area contributed by atoms with Crippen LogP contribution in [0.25, 0.3) is 0 Å². The van der Waals surface area contributed by atoms with E-state index < -0.39 is 11.4 Å². The molecule has 0 bridgehead atoms. The number of carbonyl (C=O) groups is 2. The number of rotatable bonds is 5. The highest BCUT2D eigenvalue weighted by molar-refractivity contribution is 6.04. The van der Waals surface area contributed by atoms with Crippen LogP contribution >= 0.6 is 0 Å². The second-order valence-corrected chi connectivity index (χ2v) is 3.67. The average molecular weight is 230 g/mol. The van der Waals surface area contributed by atoms with Crippen molar-refractivity contribution in [3.8, 4) is 0 Å². The number of esters is 1. The quantitative estimate of drug-likeness (QED) is 0.510. The second-order valence-electron chi connectivity index (χ2n) is 3.67. The Morgan fingerprint density at radius 1 is 1.44 bits per heavy atom. The highest BCUT2D eigenvalue weighted by Crippen LogP contribution is 2.27. The van der Waals surface area contributed by atoms with E-state index in [2.05, 4.69) is 0 Å². The molecule has 0 aromatic heterocycles. The summed E-state index contributed by atoms with van der Waals surface area (Å²) in [4.78, 5) is 23.7. The fraction of sp³-hybridized carbons (Fsp3) is 0.818. The van der Waals surface area contributed by atoms with Gasteiger partial charge in [0.15, 0.2) is 11.2 Å². The zero-order chi connectivity index (χ0) is 12.0. The number of hydrogen-bond acceptors (Lipinski definition) is 5. The maximum atomic E-state index is 11.9. The minimum Gasteiger partial charge on any atom is -0.465 e. The summed E-state index contributed by atoms with van der Waals surface area (Å²) >= 11 is 0. The summed E-state index contributed by atoms with van der Waals surface area (Å²) in [5, 5.41) is 0. The zero-order valence-corrected chi connectivity index (χ0v) is 9.78. The summed E-state index contributed by atoms with van der Waals surface area (Å²) in [7, 11) is 0. The van der Waals surface area contributed by atoms with Crippen molar-refractivity contribution in [2.45, 2.75) is 20.3 Å². The first kappa shape index (κ1) is 13.1. The lowest BCUT2D eigenvalue weighted by molar-refractivity contribution is -0.174. The van der Waals surface area contributed by atoms with Gasteiger partial charge in [-0.05, 0) is 13.8 Å². The number of carbonyl (C=O) groups excluding carboxylic acids is 2. The molecular weight excluding hydrogens is 212 g/mol. The molecule has 0 aliphatic carbocycles. The molecule has 1 heterocycles. The SMILES string of the molecule is CCOCC1(C(=O)OCC)COCCC1=O. The van der Waals surface area contributed by atoms with Gasteiger partial charge in [0.2, 0.25) is 0 Å². The molecule has 5 heteroatoms. The number of Topliss-reactive ketones (excluding diaryl/α,β-unsaturated/α-hetero) is 1. The van der Waals surface area contributed by atoms with Crippen molar-refractivity contribution in [2.75, 3.05) is 33.0 Å². The Kier molecular flexibility index (Phi) is 4.89. The van der Waals surface area contributed by atoms with Crippen molar-refractivity contribution in [3.63, 3.8) is 0 Å². The Morgan fingerprint density at radius 2 is 2.19 bits per heavy atom. The van der Waals surface area contributed by atoms with Crippen molar-refractivity contribution < 1.29 is 23.8 Å². The van der Waals surface area contributed by atoms with Crippen molar-refractivity contribution in [1.82, 2.24) is 0 Å². The van der Waals surface area contributed by atoms with E-state index in [1.54, 1.807) is 6.92 Å². The summed E-state index contributed by atoms with van der Waals surface area (Å²) in [6.45, 7) is 4.69. The van der Waals surface area contributed by atoms with Crippen molar-refractivity contribution in [2.24, 2.45) is 5.41 Å². The maximum Gasteiger partial charge on any atom is 0.324 e. The smallest absolute Gasteiger partial charge is 0.324 e. The van der Waals surface area contributed by atoms with Crippen LogP contribution in [0.5, 0.6) is 0 Å². The molecule has 1 aliphatic heterocycles. The van der Waals surface area contributed by atoms with Crippen LogP contribution < -0.4 is 0 Å². The first-order chi connectivity index (χ1) is 7.67. The lowest BCUT2D eigenvalue weighted by Crippen LogP contribution is -2.51. The molecule has 16 heavy (non-hydrogen) atoms. The molecule has 92 valence electrons. The molecule has 0 amide bonds. The fourth-order valence-corrected chi connectivity index (χ4v) is 1.63. The molecule has 0 N–H and O–H groups in total. The molecule has 0 radical (unpaired) electrons. The van der Waals surface area contributed by atoms with Gasteiger partial charge < -0.3 is 14.2 Å². The zero-order valence-electron chi connectivity index (χ0n) is 9.78. The Labute approximate surface area is 95.0 Å². The largest absolute Gasteiger partial charge is 0.465 e. The normalized spacial score (nSPS) is 25.5. The van der Waals surface area contributed by atoms with Gasteiger partial charge in [0.05, 0.1) is 26.4 Å². The van der Waals surface area contributed by atoms with Crippen LogP contribution in [0.15, 0.2) is 0 Å². The van der Waals surface area contributed by atoms with E-state index in [0.29, 0.717) is 13.2 Å². The first-order valence-electron chi connectivity index (χ1n) is 5.53. The Morgan fingerprint density at radius 3 is 2.75 bits per heavy atom. The fourth-order valence-electron chi connectivity index (χ4n) is 1.63. The molecule has 1 rings (SSSR count). The molecule has 0 aromatic carbocycles. The third-order valence-electron chi connectivity index (χ3n) is 2.57. The lowest BCUT2D eigenvalue weighted by atomic mass is 9.82. The van der Waals surface area contributed by atoms with Gasteiger partial charge in [0, 0.05) is 13.0 Å². The minimum absolute atomic E-state index is 0.0428. The summed E-state index contributed by atoms with van der Waals surface area (Å²) < 4.78 is 15.4. The van der Waals surface area contributed by atoms with Crippen molar-refractivity contribution in [1.29, 1.82) is 0 Å². The predicted octanol–water partition coefficient (Wildman–Crippen LogP) is 0.562. The van der Waals surface area contributed by atoms with E-state index in [-0.39, 0.29) is 32.0 Å². The molecule has 1 aliphatic rings. The van der Waals surface area contributed by atoms with Crippen molar-refractivity contribution >= 4 is 11.8 Å². The number of ketones is 1. The molecule has 1 unspecified atom stereocenters. The average Bonchev–Trinajstić information content (AvgIpc) is 2.28. The monoisotopic (exact) mass is 230 g/mol. The van der Waals surface area contributed by atoms with Gasteiger partial charge in [0.1, 0.15) is 0 Å². The molecule has 1 saturated heterocycles. The molecule has 0 spiro atoms. The van der Waals surface area contributed by atoms with Gasteiger partial charge in [-0.3, -0.25) is 9.59 Å². The standard InChI is InChI=1S/C11H18O5/c1-3-14-7-11(10(13)16-4-2)8-15-6-5-9(11)12/h3-8H2,1-2H3. The first-order valence-corrected chi connectivity index (χ1v) is 5.53. The predicted molar refractivity (Wildman–Crippen MR) is 56.0 cm³/mol. The Hall–Kier alpha value is -0.940. The summed E-state index contributed by atoms with van der Waals surface area (Å²) in [6, 6.07) is 0. The molecule has 1 atom stereocenters. The lowest BCUT2D eigenvalue weighted by Gasteiger charge is -2.32. The molecule has 0 saturated carbocycles. The number of hydrogen-bond donors (Lipinski definition) is 0. The topological polar surface area (TPSA) is 61.8 Å². The van der Waals surface area contributed by atoms with Gasteiger partial charge in [-0.15, -0.1) is 0 Å². The van der Waals surface area contributed by atoms with Gasteiger partial charge in [-0.2, -0.15) is 0 Å². The molecule has 1 fully saturated rings. The third-order valence-corrected chi connectivity index (χ3v) is 2.57.